The molecule has 2 rings (SSSR count). The van der Waals surface area contributed by atoms with Gasteiger partial charge in [0.15, 0.2) is 0 Å². The van der Waals surface area contributed by atoms with Crippen molar-refractivity contribution in [1.82, 2.24) is 10.3 Å². The second-order valence-electron chi connectivity index (χ2n) is 8.37. The summed E-state index contributed by atoms with van der Waals surface area (Å²) in [5.41, 5.74) is 7.33. The van der Waals surface area contributed by atoms with Crippen molar-refractivity contribution in [3.05, 3.63) is 36.0 Å². The molecule has 0 unspecified atom stereocenters. The van der Waals surface area contributed by atoms with Gasteiger partial charge < -0.3 is 16.0 Å². The first-order chi connectivity index (χ1) is 13.7. The summed E-state index contributed by atoms with van der Waals surface area (Å²) in [5, 5.41) is 4.30. The van der Waals surface area contributed by atoms with E-state index in [4.69, 9.17) is 5.73 Å². The molecule has 6 heteroatoms. The Labute approximate surface area is 172 Å². The molecule has 1 heterocycles. The van der Waals surface area contributed by atoms with E-state index in [1.165, 1.54) is 0 Å². The highest BCUT2D eigenvalue weighted by atomic mass is 16.1. The zero-order valence-corrected chi connectivity index (χ0v) is 17.8. The summed E-state index contributed by atoms with van der Waals surface area (Å²) in [5.74, 6) is -0.936. The van der Waals surface area contributed by atoms with Gasteiger partial charge in [-0.15, -0.1) is 0 Å². The molecule has 1 aromatic heterocycles. The third kappa shape index (κ3) is 6.53. The lowest BCUT2D eigenvalue weighted by Crippen LogP contribution is -2.43. The maximum atomic E-state index is 13.0. The Morgan fingerprint density at radius 3 is 2.41 bits per heavy atom. The molecule has 0 saturated heterocycles. The number of amides is 1. The number of benzene rings is 1. The number of hydrogen-bond donors (Lipinski definition) is 3. The fourth-order valence-electron chi connectivity index (χ4n) is 3.72. The number of H-pyrrole nitrogens is 1. The van der Waals surface area contributed by atoms with Gasteiger partial charge in [-0.05, 0) is 24.5 Å². The second kappa shape index (κ2) is 10.3. The third-order valence-electron chi connectivity index (χ3n) is 5.16. The number of nitrogens with one attached hydrogen (secondary N) is 2. The first-order valence-electron chi connectivity index (χ1n) is 10.3. The smallest absolute Gasteiger partial charge is 0.217 e. The van der Waals surface area contributed by atoms with Crippen LogP contribution < -0.4 is 11.1 Å². The highest BCUT2D eigenvalue weighted by Gasteiger charge is 2.29. The first-order valence-corrected chi connectivity index (χ1v) is 10.3. The SMILES string of the molecule is CC(C)N[C@@H](CCC(N)=O)C(=O)C[C@@H](Cc1c[nH]c2ccccc12)C(=O)C(C)C. The molecular formula is C23H33N3O3. The van der Waals surface area contributed by atoms with Crippen LogP contribution in [0.1, 0.15) is 52.5 Å². The molecule has 0 radical (unpaired) electrons. The number of ketones is 2. The minimum Gasteiger partial charge on any atom is -0.370 e. The molecule has 4 N–H and O–H groups in total. The van der Waals surface area contributed by atoms with Gasteiger partial charge in [-0.1, -0.05) is 45.9 Å². The minimum atomic E-state index is -0.479. The number of rotatable bonds is 12. The summed E-state index contributed by atoms with van der Waals surface area (Å²) in [4.78, 5) is 40.4. The van der Waals surface area contributed by atoms with Crippen LogP contribution in [0.3, 0.4) is 0 Å². The zero-order valence-electron chi connectivity index (χ0n) is 17.8. The normalized spacial score (nSPS) is 13.7. The van der Waals surface area contributed by atoms with E-state index < -0.39 is 17.9 Å². The molecule has 2 atom stereocenters. The fraction of sp³-hybridized carbons (Fsp3) is 0.522. The average molecular weight is 400 g/mol. The van der Waals surface area contributed by atoms with Crippen LogP contribution in [0.15, 0.2) is 30.5 Å². The van der Waals surface area contributed by atoms with Gasteiger partial charge in [-0.3, -0.25) is 14.4 Å². The molecule has 2 aromatic rings. The van der Waals surface area contributed by atoms with Gasteiger partial charge in [0, 0.05) is 47.8 Å². The van der Waals surface area contributed by atoms with Crippen LogP contribution in [0.5, 0.6) is 0 Å². The third-order valence-corrected chi connectivity index (χ3v) is 5.16. The summed E-state index contributed by atoms with van der Waals surface area (Å²) < 4.78 is 0. The van der Waals surface area contributed by atoms with Gasteiger partial charge in [0.2, 0.25) is 5.91 Å². The maximum absolute atomic E-state index is 13.0. The average Bonchev–Trinajstić information content (AvgIpc) is 3.06. The van der Waals surface area contributed by atoms with Gasteiger partial charge in [0.1, 0.15) is 11.6 Å². The van der Waals surface area contributed by atoms with Crippen molar-refractivity contribution in [2.24, 2.45) is 17.6 Å². The number of aromatic nitrogens is 1. The first kappa shape index (κ1) is 22.8. The van der Waals surface area contributed by atoms with Crippen molar-refractivity contribution in [1.29, 1.82) is 0 Å². The highest BCUT2D eigenvalue weighted by molar-refractivity contribution is 5.92. The van der Waals surface area contributed by atoms with Crippen LogP contribution in [0.4, 0.5) is 0 Å². The summed E-state index contributed by atoms with van der Waals surface area (Å²) in [6, 6.07) is 7.56. The molecule has 0 saturated carbocycles. The molecule has 6 nitrogen and oxygen atoms in total. The molecule has 0 aliphatic carbocycles. The lowest BCUT2D eigenvalue weighted by molar-refractivity contribution is -0.131. The van der Waals surface area contributed by atoms with Crippen molar-refractivity contribution in [3.8, 4) is 0 Å². The van der Waals surface area contributed by atoms with Crippen molar-refractivity contribution in [3.63, 3.8) is 0 Å². The van der Waals surface area contributed by atoms with Crippen LogP contribution in [-0.4, -0.2) is 34.5 Å². The topological polar surface area (TPSA) is 105 Å². The Kier molecular flexibility index (Phi) is 8.14. The number of primary amides is 1. The molecule has 0 bridgehead atoms. The Morgan fingerprint density at radius 2 is 1.79 bits per heavy atom. The fourth-order valence-corrected chi connectivity index (χ4v) is 3.72. The lowest BCUT2D eigenvalue weighted by atomic mass is 9.84. The minimum absolute atomic E-state index is 0.0428. The molecule has 1 amide bonds. The van der Waals surface area contributed by atoms with Crippen LogP contribution >= 0.6 is 0 Å². The van der Waals surface area contributed by atoms with Crippen molar-refractivity contribution < 1.29 is 14.4 Å². The Balaban J connectivity index is 2.21. The summed E-state index contributed by atoms with van der Waals surface area (Å²) in [6.45, 7) is 7.64. The van der Waals surface area contributed by atoms with Gasteiger partial charge in [0.05, 0.1) is 6.04 Å². The molecule has 1 aromatic carbocycles. The number of hydrogen-bond acceptors (Lipinski definition) is 4. The standard InChI is InChI=1S/C23H33N3O3/c1-14(2)23(29)16(11-17-13-25-19-8-6-5-7-18(17)19)12-21(27)20(26-15(3)4)9-10-22(24)28/h5-8,13-16,20,25-26H,9-12H2,1-4H3,(H2,24,28)/t16-,20+/m1/s1. The summed E-state index contributed by atoms with van der Waals surface area (Å²) >= 11 is 0. The number of carbonyl (C=O) groups excluding carboxylic acids is 3. The van der Waals surface area contributed by atoms with E-state index in [-0.39, 0.29) is 36.4 Å². The van der Waals surface area contributed by atoms with E-state index in [2.05, 4.69) is 10.3 Å². The van der Waals surface area contributed by atoms with E-state index in [9.17, 15) is 14.4 Å². The molecule has 0 aliphatic heterocycles. The molecule has 29 heavy (non-hydrogen) atoms. The Hall–Kier alpha value is -2.47. The quantitative estimate of drug-likeness (QED) is 0.510. The largest absolute Gasteiger partial charge is 0.370 e. The van der Waals surface area contributed by atoms with E-state index >= 15 is 0 Å². The Bertz CT molecular complexity index is 854. The summed E-state index contributed by atoms with van der Waals surface area (Å²) in [7, 11) is 0. The van der Waals surface area contributed by atoms with Gasteiger partial charge in [-0.2, -0.15) is 0 Å². The van der Waals surface area contributed by atoms with Crippen LogP contribution in [0.2, 0.25) is 0 Å². The predicted molar refractivity (Wildman–Crippen MR) is 115 cm³/mol. The van der Waals surface area contributed by atoms with E-state index in [1.54, 1.807) is 0 Å². The molecular weight excluding hydrogens is 366 g/mol. The highest BCUT2D eigenvalue weighted by Crippen LogP contribution is 2.25. The second-order valence-corrected chi connectivity index (χ2v) is 8.37. The molecule has 0 spiro atoms. The van der Waals surface area contributed by atoms with E-state index in [1.807, 2.05) is 58.2 Å². The Morgan fingerprint density at radius 1 is 1.10 bits per heavy atom. The van der Waals surface area contributed by atoms with Crippen LogP contribution in [0, 0.1) is 11.8 Å². The monoisotopic (exact) mass is 399 g/mol. The van der Waals surface area contributed by atoms with Crippen molar-refractivity contribution >= 4 is 28.4 Å². The number of fused-ring (bicyclic) bond motifs is 1. The van der Waals surface area contributed by atoms with E-state index in [0.29, 0.717) is 12.8 Å². The lowest BCUT2D eigenvalue weighted by Gasteiger charge is -2.23. The van der Waals surface area contributed by atoms with Gasteiger partial charge in [-0.25, -0.2) is 0 Å². The maximum Gasteiger partial charge on any atom is 0.217 e. The molecule has 158 valence electrons. The van der Waals surface area contributed by atoms with Crippen LogP contribution in [0.25, 0.3) is 10.9 Å². The van der Waals surface area contributed by atoms with Crippen LogP contribution in [-0.2, 0) is 20.8 Å². The summed E-state index contributed by atoms with van der Waals surface area (Å²) in [6.07, 6.45) is 3.08. The number of Topliss-reactive ketones (excluding diaryl/α,β-unsaturated/α-hetero) is 2. The number of para-hydroxylation sites is 1. The number of aromatic amines is 1. The molecule has 0 aliphatic rings. The number of nitrogens with two attached hydrogens (primary N) is 1. The van der Waals surface area contributed by atoms with Crippen molar-refractivity contribution in [2.45, 2.75) is 65.5 Å². The molecule has 0 fully saturated rings. The van der Waals surface area contributed by atoms with Gasteiger partial charge in [0.25, 0.3) is 0 Å². The number of carbonyl (C=O) groups is 3. The predicted octanol–water partition coefficient (Wildman–Crippen LogP) is 3.14. The van der Waals surface area contributed by atoms with Gasteiger partial charge >= 0.3 is 0 Å². The van der Waals surface area contributed by atoms with Crippen molar-refractivity contribution in [2.75, 3.05) is 0 Å². The van der Waals surface area contributed by atoms with E-state index in [0.717, 1.165) is 16.5 Å². The zero-order chi connectivity index (χ0) is 21.6.